The van der Waals surface area contributed by atoms with Gasteiger partial charge in [-0.05, 0) is 38.5 Å². The molecule has 0 bridgehead atoms. The van der Waals surface area contributed by atoms with E-state index in [9.17, 15) is 4.79 Å². The zero-order valence-electron chi connectivity index (χ0n) is 16.7. The molecule has 0 saturated carbocycles. The molecule has 0 atom stereocenters. The van der Waals surface area contributed by atoms with Crippen molar-refractivity contribution in [3.8, 4) is 11.5 Å². The van der Waals surface area contributed by atoms with Gasteiger partial charge in [0.25, 0.3) is 5.91 Å². The third kappa shape index (κ3) is 7.58. The lowest BCUT2D eigenvalue weighted by atomic mass is 10.1. The highest BCUT2D eigenvalue weighted by Gasteiger charge is 2.16. The minimum absolute atomic E-state index is 0. The highest BCUT2D eigenvalue weighted by atomic mass is 35.5. The summed E-state index contributed by atoms with van der Waals surface area (Å²) in [7, 11) is 1.58. The fraction of sp³-hybridized carbons (Fsp3) is 0.381. The van der Waals surface area contributed by atoms with Crippen LogP contribution in [0.2, 0.25) is 5.02 Å². The van der Waals surface area contributed by atoms with Gasteiger partial charge in [-0.1, -0.05) is 41.9 Å². The van der Waals surface area contributed by atoms with E-state index in [0.29, 0.717) is 24.6 Å². The first-order valence-corrected chi connectivity index (χ1v) is 9.22. The lowest BCUT2D eigenvalue weighted by Crippen LogP contribution is -2.43. The average molecular weight is 427 g/mol. The van der Waals surface area contributed by atoms with Crippen molar-refractivity contribution in [2.75, 3.05) is 13.7 Å². The Morgan fingerprint density at radius 3 is 2.32 bits per heavy atom. The minimum Gasteiger partial charge on any atom is -0.493 e. The predicted octanol–water partition coefficient (Wildman–Crippen LogP) is 4.35. The molecule has 0 fully saturated rings. The molecule has 0 radical (unpaired) electrons. The number of nitrogens with one attached hydrogen (secondary N) is 2. The molecule has 0 aliphatic rings. The summed E-state index contributed by atoms with van der Waals surface area (Å²) in [5, 5.41) is 6.97. The lowest BCUT2D eigenvalue weighted by Gasteiger charge is -2.21. The third-order valence-corrected chi connectivity index (χ3v) is 4.10. The standard InChI is InChI=1S/C21H27ClN2O3.ClH/c1-21(2,3)24-19(25)14-27-20-16(9-7-11-18(20)26-4)13-23-12-15-8-5-6-10-17(15)22;/h5-11,23H,12-14H2,1-4H3,(H,24,25);1H. The molecule has 28 heavy (non-hydrogen) atoms. The van der Waals surface area contributed by atoms with Crippen molar-refractivity contribution in [3.05, 3.63) is 58.6 Å². The van der Waals surface area contributed by atoms with Gasteiger partial charge in [-0.25, -0.2) is 0 Å². The number of hydrogen-bond donors (Lipinski definition) is 2. The summed E-state index contributed by atoms with van der Waals surface area (Å²) in [4.78, 5) is 12.1. The van der Waals surface area contributed by atoms with Crippen LogP contribution in [-0.4, -0.2) is 25.2 Å². The fourth-order valence-corrected chi connectivity index (χ4v) is 2.79. The van der Waals surface area contributed by atoms with Gasteiger partial charge < -0.3 is 20.1 Å². The monoisotopic (exact) mass is 426 g/mol. The summed E-state index contributed by atoms with van der Waals surface area (Å²) < 4.78 is 11.2. The number of hydrogen-bond acceptors (Lipinski definition) is 4. The average Bonchev–Trinajstić information content (AvgIpc) is 2.60. The molecule has 0 saturated heterocycles. The molecule has 0 heterocycles. The van der Waals surface area contributed by atoms with E-state index in [-0.39, 0.29) is 30.5 Å². The van der Waals surface area contributed by atoms with Gasteiger partial charge in [0, 0.05) is 29.2 Å². The van der Waals surface area contributed by atoms with E-state index < -0.39 is 0 Å². The predicted molar refractivity (Wildman–Crippen MR) is 116 cm³/mol. The smallest absolute Gasteiger partial charge is 0.258 e. The minimum atomic E-state index is -0.305. The molecule has 2 N–H and O–H groups in total. The van der Waals surface area contributed by atoms with E-state index in [0.717, 1.165) is 16.1 Å². The van der Waals surface area contributed by atoms with E-state index in [4.69, 9.17) is 21.1 Å². The highest BCUT2D eigenvalue weighted by Crippen LogP contribution is 2.31. The quantitative estimate of drug-likeness (QED) is 0.658. The molecule has 1 amide bonds. The summed E-state index contributed by atoms with van der Waals surface area (Å²) in [6, 6.07) is 13.4. The van der Waals surface area contributed by atoms with Crippen molar-refractivity contribution in [2.45, 2.75) is 39.4 Å². The van der Waals surface area contributed by atoms with Gasteiger partial charge in [0.05, 0.1) is 7.11 Å². The van der Waals surface area contributed by atoms with Crippen LogP contribution in [0.1, 0.15) is 31.9 Å². The van der Waals surface area contributed by atoms with Crippen LogP contribution in [0, 0.1) is 0 Å². The van der Waals surface area contributed by atoms with E-state index in [1.807, 2.05) is 63.2 Å². The van der Waals surface area contributed by atoms with Crippen molar-refractivity contribution in [2.24, 2.45) is 0 Å². The summed E-state index contributed by atoms with van der Waals surface area (Å²) in [6.07, 6.45) is 0. The number of halogens is 2. The molecule has 7 heteroatoms. The Kier molecular flexibility index (Phi) is 9.59. The van der Waals surface area contributed by atoms with Crippen molar-refractivity contribution in [1.82, 2.24) is 10.6 Å². The molecule has 5 nitrogen and oxygen atoms in total. The van der Waals surface area contributed by atoms with Crippen LogP contribution in [0.25, 0.3) is 0 Å². The normalized spacial score (nSPS) is 10.8. The van der Waals surface area contributed by atoms with Gasteiger partial charge in [-0.2, -0.15) is 0 Å². The second-order valence-corrected chi connectivity index (χ2v) is 7.64. The summed E-state index contributed by atoms with van der Waals surface area (Å²) >= 11 is 6.19. The van der Waals surface area contributed by atoms with Crippen LogP contribution in [0.5, 0.6) is 11.5 Å². The molecule has 0 spiro atoms. The van der Waals surface area contributed by atoms with Gasteiger partial charge in [-0.15, -0.1) is 12.4 Å². The van der Waals surface area contributed by atoms with Gasteiger partial charge >= 0.3 is 0 Å². The van der Waals surface area contributed by atoms with Gasteiger partial charge in [-0.3, -0.25) is 4.79 Å². The molecule has 2 aromatic carbocycles. The van der Waals surface area contributed by atoms with Crippen LogP contribution in [0.3, 0.4) is 0 Å². The number of carbonyl (C=O) groups excluding carboxylic acids is 1. The SMILES string of the molecule is COc1cccc(CNCc2ccccc2Cl)c1OCC(=O)NC(C)(C)C.Cl. The first-order valence-electron chi connectivity index (χ1n) is 8.84. The summed E-state index contributed by atoms with van der Waals surface area (Å²) in [6.45, 7) is 6.89. The van der Waals surface area contributed by atoms with E-state index in [1.165, 1.54) is 0 Å². The van der Waals surface area contributed by atoms with Crippen LogP contribution < -0.4 is 20.1 Å². The topological polar surface area (TPSA) is 59.6 Å². The van der Waals surface area contributed by atoms with Crippen LogP contribution in [0.4, 0.5) is 0 Å². The fourth-order valence-electron chi connectivity index (χ4n) is 2.59. The Morgan fingerprint density at radius 1 is 1.04 bits per heavy atom. The Labute approximate surface area is 178 Å². The number of methoxy groups -OCH3 is 1. The second kappa shape index (κ2) is 11.1. The maximum absolute atomic E-state index is 12.1. The lowest BCUT2D eigenvalue weighted by molar-refractivity contribution is -0.124. The molecule has 0 aliphatic carbocycles. The molecular formula is C21H28Cl2N2O3. The zero-order valence-corrected chi connectivity index (χ0v) is 18.2. The molecule has 0 aliphatic heterocycles. The Morgan fingerprint density at radius 2 is 1.68 bits per heavy atom. The molecule has 154 valence electrons. The van der Waals surface area contributed by atoms with Crippen molar-refractivity contribution >= 4 is 29.9 Å². The van der Waals surface area contributed by atoms with Crippen molar-refractivity contribution in [3.63, 3.8) is 0 Å². The van der Waals surface area contributed by atoms with Crippen molar-refractivity contribution in [1.29, 1.82) is 0 Å². The number of benzene rings is 2. The van der Waals surface area contributed by atoms with E-state index in [2.05, 4.69) is 10.6 Å². The van der Waals surface area contributed by atoms with Gasteiger partial charge in [0.2, 0.25) is 0 Å². The van der Waals surface area contributed by atoms with Crippen LogP contribution >= 0.6 is 24.0 Å². The van der Waals surface area contributed by atoms with Crippen LogP contribution in [-0.2, 0) is 17.9 Å². The van der Waals surface area contributed by atoms with Crippen molar-refractivity contribution < 1.29 is 14.3 Å². The molecule has 2 aromatic rings. The maximum atomic E-state index is 12.1. The molecule has 0 unspecified atom stereocenters. The number of carbonyl (C=O) groups is 1. The molecule has 0 aromatic heterocycles. The second-order valence-electron chi connectivity index (χ2n) is 7.23. The number of para-hydroxylation sites is 1. The number of amides is 1. The highest BCUT2D eigenvalue weighted by molar-refractivity contribution is 6.31. The van der Waals surface area contributed by atoms with E-state index in [1.54, 1.807) is 7.11 Å². The Hall–Kier alpha value is -1.95. The maximum Gasteiger partial charge on any atom is 0.258 e. The van der Waals surface area contributed by atoms with E-state index >= 15 is 0 Å². The van der Waals surface area contributed by atoms with Gasteiger partial charge in [0.15, 0.2) is 18.1 Å². The largest absolute Gasteiger partial charge is 0.493 e. The number of ether oxygens (including phenoxy) is 2. The molecular weight excluding hydrogens is 399 g/mol. The first kappa shape index (κ1) is 24.1. The zero-order chi connectivity index (χ0) is 19.9. The third-order valence-electron chi connectivity index (χ3n) is 3.73. The first-order chi connectivity index (χ1) is 12.8. The van der Waals surface area contributed by atoms with Crippen LogP contribution in [0.15, 0.2) is 42.5 Å². The molecule has 2 rings (SSSR count). The summed E-state index contributed by atoms with van der Waals surface area (Å²) in [5.41, 5.74) is 1.62. The number of rotatable bonds is 8. The Balaban J connectivity index is 0.00000392. The summed E-state index contributed by atoms with van der Waals surface area (Å²) in [5.74, 6) is 0.981. The Bertz CT molecular complexity index is 776. The van der Waals surface area contributed by atoms with Gasteiger partial charge in [0.1, 0.15) is 0 Å².